The number of rotatable bonds is 5. The molecule has 2 aromatic carbocycles. The lowest BCUT2D eigenvalue weighted by molar-refractivity contribution is 0.0629. The smallest absolute Gasteiger partial charge is 0.264 e. The van der Waals surface area contributed by atoms with E-state index in [1.807, 2.05) is 36.1 Å². The number of anilines is 1. The van der Waals surface area contributed by atoms with Gasteiger partial charge in [-0.25, -0.2) is 8.42 Å². The molecule has 6 nitrogen and oxygen atoms in total. The van der Waals surface area contributed by atoms with Gasteiger partial charge < -0.3 is 4.90 Å². The van der Waals surface area contributed by atoms with Gasteiger partial charge in [0.05, 0.1) is 10.6 Å². The minimum atomic E-state index is -3.77. The second-order valence-electron chi connectivity index (χ2n) is 8.66. The van der Waals surface area contributed by atoms with E-state index >= 15 is 0 Å². The molecule has 3 aromatic rings. The van der Waals surface area contributed by atoms with Crippen molar-refractivity contribution in [2.24, 2.45) is 0 Å². The summed E-state index contributed by atoms with van der Waals surface area (Å²) in [5, 5.41) is 2.08. The zero-order valence-corrected chi connectivity index (χ0v) is 20.2. The Morgan fingerprint density at radius 1 is 1.00 bits per heavy atom. The quantitative estimate of drug-likeness (QED) is 0.556. The molecule has 0 unspecified atom stereocenters. The lowest BCUT2D eigenvalue weighted by Gasteiger charge is -2.34. The highest BCUT2D eigenvalue weighted by Crippen LogP contribution is 2.36. The van der Waals surface area contributed by atoms with E-state index < -0.39 is 10.0 Å². The van der Waals surface area contributed by atoms with Gasteiger partial charge in [0, 0.05) is 49.2 Å². The summed E-state index contributed by atoms with van der Waals surface area (Å²) >= 11 is 1.75. The minimum Gasteiger partial charge on any atom is -0.336 e. The summed E-state index contributed by atoms with van der Waals surface area (Å²) in [6.45, 7) is 5.72. The number of nitrogens with zero attached hydrogens (tertiary/aromatic N) is 3. The van der Waals surface area contributed by atoms with Crippen LogP contribution in [0, 0.1) is 0 Å². The Morgan fingerprint density at radius 3 is 2.55 bits per heavy atom. The van der Waals surface area contributed by atoms with Gasteiger partial charge in [0.25, 0.3) is 15.9 Å². The first kappa shape index (κ1) is 22.1. The molecule has 0 saturated carbocycles. The number of para-hydroxylation sites is 1. The van der Waals surface area contributed by atoms with Gasteiger partial charge in [-0.05, 0) is 54.6 Å². The van der Waals surface area contributed by atoms with Crippen LogP contribution in [0.15, 0.2) is 70.9 Å². The van der Waals surface area contributed by atoms with Crippen molar-refractivity contribution >= 4 is 33.0 Å². The van der Waals surface area contributed by atoms with Gasteiger partial charge in [-0.2, -0.15) is 0 Å². The van der Waals surface area contributed by atoms with E-state index in [1.165, 1.54) is 15.2 Å². The Labute approximate surface area is 199 Å². The number of amides is 1. The predicted molar refractivity (Wildman–Crippen MR) is 131 cm³/mol. The summed E-state index contributed by atoms with van der Waals surface area (Å²) in [4.78, 5) is 18.8. The lowest BCUT2D eigenvalue weighted by Crippen LogP contribution is -2.48. The molecule has 3 heterocycles. The van der Waals surface area contributed by atoms with Crippen molar-refractivity contribution in [1.29, 1.82) is 0 Å². The molecule has 2 aliphatic rings. The number of carbonyl (C=O) groups is 1. The van der Waals surface area contributed by atoms with Crippen molar-refractivity contribution in [2.75, 3.05) is 30.5 Å². The van der Waals surface area contributed by atoms with Crippen molar-refractivity contribution in [2.45, 2.75) is 30.8 Å². The Bertz CT molecular complexity index is 1250. The molecule has 0 radical (unpaired) electrons. The monoisotopic (exact) mass is 481 g/mol. The van der Waals surface area contributed by atoms with E-state index in [0.717, 1.165) is 30.9 Å². The van der Waals surface area contributed by atoms with Crippen LogP contribution in [0.2, 0.25) is 0 Å². The molecule has 2 aliphatic heterocycles. The van der Waals surface area contributed by atoms with Crippen LogP contribution in [0.25, 0.3) is 0 Å². The van der Waals surface area contributed by atoms with Crippen LogP contribution in [-0.4, -0.2) is 56.3 Å². The molecule has 0 N–H and O–H groups in total. The van der Waals surface area contributed by atoms with Gasteiger partial charge in [-0.1, -0.05) is 30.3 Å². The van der Waals surface area contributed by atoms with Crippen LogP contribution in [0.1, 0.15) is 27.7 Å². The largest absolute Gasteiger partial charge is 0.336 e. The lowest BCUT2D eigenvalue weighted by atomic mass is 10.1. The van der Waals surface area contributed by atoms with Crippen LogP contribution >= 0.6 is 11.3 Å². The Balaban J connectivity index is 1.32. The molecule has 5 rings (SSSR count). The minimum absolute atomic E-state index is 0.113. The van der Waals surface area contributed by atoms with Gasteiger partial charge in [-0.3, -0.25) is 14.0 Å². The third-order valence-corrected chi connectivity index (χ3v) is 9.19. The van der Waals surface area contributed by atoms with Crippen molar-refractivity contribution in [1.82, 2.24) is 9.80 Å². The van der Waals surface area contributed by atoms with Gasteiger partial charge in [-0.15, -0.1) is 11.3 Å². The molecule has 1 saturated heterocycles. The molecule has 1 atom stereocenters. The zero-order chi connectivity index (χ0) is 23.0. The Kier molecular flexibility index (Phi) is 5.99. The first-order valence-corrected chi connectivity index (χ1v) is 13.5. The van der Waals surface area contributed by atoms with Crippen LogP contribution in [0.4, 0.5) is 5.69 Å². The molecule has 172 valence electrons. The molecular weight excluding hydrogens is 454 g/mol. The first-order valence-electron chi connectivity index (χ1n) is 11.2. The third kappa shape index (κ3) is 4.30. The number of carbonyl (C=O) groups excluding carboxylic acids is 1. The van der Waals surface area contributed by atoms with E-state index in [9.17, 15) is 13.2 Å². The Hall–Kier alpha value is -2.68. The SMILES string of the molecule is C[C@@H]1Cc2ccccc2N1S(=O)(=O)c1cccc(C(=O)N2CCN(Cc3cccs3)CC2)c1. The summed E-state index contributed by atoms with van der Waals surface area (Å²) in [6.07, 6.45) is 0.684. The van der Waals surface area contributed by atoms with E-state index in [0.29, 0.717) is 25.1 Å². The number of hydrogen-bond donors (Lipinski definition) is 0. The average molecular weight is 482 g/mol. The summed E-state index contributed by atoms with van der Waals surface area (Å²) in [6, 6.07) is 18.1. The normalized spacial score (nSPS) is 19.0. The van der Waals surface area contributed by atoms with E-state index in [-0.39, 0.29) is 16.8 Å². The van der Waals surface area contributed by atoms with Crippen LogP contribution < -0.4 is 4.31 Å². The van der Waals surface area contributed by atoms with Crippen molar-refractivity contribution in [3.8, 4) is 0 Å². The molecule has 0 spiro atoms. The zero-order valence-electron chi connectivity index (χ0n) is 18.6. The highest BCUT2D eigenvalue weighted by Gasteiger charge is 2.36. The maximum Gasteiger partial charge on any atom is 0.264 e. The molecule has 0 bridgehead atoms. The van der Waals surface area contributed by atoms with E-state index in [1.54, 1.807) is 29.5 Å². The summed E-state index contributed by atoms with van der Waals surface area (Å²) < 4.78 is 28.6. The van der Waals surface area contributed by atoms with Gasteiger partial charge in [0.2, 0.25) is 0 Å². The molecule has 0 aliphatic carbocycles. The molecule has 8 heteroatoms. The molecular formula is C25H27N3O3S2. The number of piperazine rings is 1. The first-order chi connectivity index (χ1) is 15.9. The maximum atomic E-state index is 13.5. The van der Waals surface area contributed by atoms with Crippen LogP contribution in [-0.2, 0) is 23.0 Å². The maximum absolute atomic E-state index is 13.5. The summed E-state index contributed by atoms with van der Waals surface area (Å²) in [7, 11) is -3.77. The number of benzene rings is 2. The fraction of sp³-hybridized carbons (Fsp3) is 0.320. The fourth-order valence-electron chi connectivity index (χ4n) is 4.72. The van der Waals surface area contributed by atoms with Crippen molar-refractivity contribution in [3.63, 3.8) is 0 Å². The fourth-order valence-corrected chi connectivity index (χ4v) is 7.21. The number of hydrogen-bond acceptors (Lipinski definition) is 5. The topological polar surface area (TPSA) is 60.9 Å². The van der Waals surface area contributed by atoms with Crippen LogP contribution in [0.5, 0.6) is 0 Å². The molecule has 1 amide bonds. The van der Waals surface area contributed by atoms with E-state index in [4.69, 9.17) is 0 Å². The molecule has 1 fully saturated rings. The summed E-state index contributed by atoms with van der Waals surface area (Å²) in [5.74, 6) is -0.113. The van der Waals surface area contributed by atoms with Crippen molar-refractivity contribution < 1.29 is 13.2 Å². The molecule has 33 heavy (non-hydrogen) atoms. The standard InChI is InChI=1S/C25H27N3O3S2/c1-19-16-20-6-2-3-10-24(20)28(19)33(30,31)23-9-4-7-21(17-23)25(29)27-13-11-26(12-14-27)18-22-8-5-15-32-22/h2-10,15,17,19H,11-14,16,18H2,1H3/t19-/m1/s1. The number of thiophene rings is 1. The highest BCUT2D eigenvalue weighted by atomic mass is 32.2. The second-order valence-corrected chi connectivity index (χ2v) is 11.5. The van der Waals surface area contributed by atoms with Gasteiger partial charge >= 0.3 is 0 Å². The second kappa shape index (κ2) is 8.93. The van der Waals surface area contributed by atoms with Gasteiger partial charge in [0.15, 0.2) is 0 Å². The predicted octanol–water partition coefficient (Wildman–Crippen LogP) is 3.85. The van der Waals surface area contributed by atoms with Crippen molar-refractivity contribution in [3.05, 3.63) is 82.0 Å². The summed E-state index contributed by atoms with van der Waals surface area (Å²) in [5.41, 5.74) is 2.17. The number of fused-ring (bicyclic) bond motifs is 1. The third-order valence-electron chi connectivity index (χ3n) is 6.40. The van der Waals surface area contributed by atoms with Gasteiger partial charge in [0.1, 0.15) is 0 Å². The van der Waals surface area contributed by atoms with Crippen LogP contribution in [0.3, 0.4) is 0 Å². The Morgan fingerprint density at radius 2 is 1.79 bits per heavy atom. The molecule has 1 aromatic heterocycles. The van der Waals surface area contributed by atoms with E-state index in [2.05, 4.69) is 22.4 Å². The highest BCUT2D eigenvalue weighted by molar-refractivity contribution is 7.92. The average Bonchev–Trinajstić information content (AvgIpc) is 3.46. The number of sulfonamides is 1.